The maximum atomic E-state index is 5.93. The number of hydrogen-bond donors (Lipinski definition) is 0. The smallest absolute Gasteiger partial charge is 0.0937 e. The molecular weight excluding hydrogens is 160 g/mol. The zero-order valence-electron chi connectivity index (χ0n) is 8.29. The molecule has 1 heteroatoms. The Morgan fingerprint density at radius 1 is 1.15 bits per heavy atom. The van der Waals surface area contributed by atoms with Gasteiger partial charge in [0.15, 0.2) is 0 Å². The molecule has 0 aromatic heterocycles. The first-order valence-electron chi connectivity index (χ1n) is 4.96. The Morgan fingerprint density at radius 2 is 1.77 bits per heavy atom. The lowest BCUT2D eigenvalue weighted by atomic mass is 10.1. The molecule has 1 nitrogen and oxygen atoms in total. The van der Waals surface area contributed by atoms with E-state index in [2.05, 4.69) is 44.2 Å². The molecule has 0 radical (unpaired) electrons. The third-order valence-corrected chi connectivity index (χ3v) is 2.47. The number of hydrogen-bond acceptors (Lipinski definition) is 1. The molecule has 70 valence electrons. The zero-order chi connectivity index (χ0) is 9.31. The molecule has 0 bridgehead atoms. The highest BCUT2D eigenvalue weighted by molar-refractivity contribution is 5.27. The van der Waals surface area contributed by atoms with Crippen molar-refractivity contribution in [3.05, 3.63) is 35.9 Å². The van der Waals surface area contributed by atoms with E-state index in [1.165, 1.54) is 18.4 Å². The predicted octanol–water partition coefficient (Wildman–Crippen LogP) is 3.10. The van der Waals surface area contributed by atoms with Crippen molar-refractivity contribution in [2.75, 3.05) is 0 Å². The lowest BCUT2D eigenvalue weighted by molar-refractivity contribution is -0.0143. The van der Waals surface area contributed by atoms with Crippen molar-refractivity contribution in [2.24, 2.45) is 0 Å². The van der Waals surface area contributed by atoms with Gasteiger partial charge in [-0.05, 0) is 32.3 Å². The van der Waals surface area contributed by atoms with Gasteiger partial charge < -0.3 is 4.74 Å². The van der Waals surface area contributed by atoms with Gasteiger partial charge in [-0.25, -0.2) is 0 Å². The van der Waals surface area contributed by atoms with Gasteiger partial charge in [0.2, 0.25) is 0 Å². The van der Waals surface area contributed by atoms with Crippen LogP contribution in [0.3, 0.4) is 0 Å². The van der Waals surface area contributed by atoms with Gasteiger partial charge in [-0.3, -0.25) is 0 Å². The summed E-state index contributed by atoms with van der Waals surface area (Å²) in [6.45, 7) is 4.20. The van der Waals surface area contributed by atoms with Crippen molar-refractivity contribution in [3.8, 4) is 0 Å². The van der Waals surface area contributed by atoms with Crippen LogP contribution in [-0.4, -0.2) is 6.10 Å². The van der Waals surface area contributed by atoms with Crippen molar-refractivity contribution in [1.82, 2.24) is 0 Å². The Labute approximate surface area is 79.7 Å². The molecule has 1 aromatic carbocycles. The monoisotopic (exact) mass is 176 g/mol. The first kappa shape index (κ1) is 8.76. The topological polar surface area (TPSA) is 9.23 Å². The van der Waals surface area contributed by atoms with E-state index in [0.29, 0.717) is 6.10 Å². The van der Waals surface area contributed by atoms with E-state index in [0.717, 1.165) is 0 Å². The fourth-order valence-corrected chi connectivity index (χ4v) is 1.78. The maximum absolute atomic E-state index is 5.93. The summed E-state index contributed by atoms with van der Waals surface area (Å²) in [4.78, 5) is 0. The molecule has 0 saturated heterocycles. The molecule has 0 amide bonds. The molecule has 1 aliphatic rings. The second-order valence-corrected chi connectivity index (χ2v) is 4.03. The van der Waals surface area contributed by atoms with Gasteiger partial charge in [0.1, 0.15) is 0 Å². The second kappa shape index (κ2) is 3.15. The summed E-state index contributed by atoms with van der Waals surface area (Å²) in [5, 5.41) is 0. The molecule has 0 atom stereocenters. The van der Waals surface area contributed by atoms with Gasteiger partial charge in [0.05, 0.1) is 11.7 Å². The van der Waals surface area contributed by atoms with Gasteiger partial charge in [-0.2, -0.15) is 0 Å². The van der Waals surface area contributed by atoms with Crippen LogP contribution in [0.1, 0.15) is 32.3 Å². The van der Waals surface area contributed by atoms with Crippen LogP contribution in [0, 0.1) is 0 Å². The fourth-order valence-electron chi connectivity index (χ4n) is 1.78. The van der Waals surface area contributed by atoms with E-state index in [1.807, 2.05) is 0 Å². The standard InChI is InChI=1S/C12H16O/c1-10(2)13-12(8-9-12)11-6-4-3-5-7-11/h3-7,10H,8-9H2,1-2H3. The average molecular weight is 176 g/mol. The Kier molecular flexibility index (Phi) is 2.12. The number of rotatable bonds is 3. The third-order valence-electron chi connectivity index (χ3n) is 2.47. The van der Waals surface area contributed by atoms with Gasteiger partial charge in [0.25, 0.3) is 0 Å². The highest BCUT2D eigenvalue weighted by Gasteiger charge is 2.46. The minimum absolute atomic E-state index is 0.0649. The summed E-state index contributed by atoms with van der Waals surface area (Å²) < 4.78 is 5.93. The lowest BCUT2D eigenvalue weighted by Gasteiger charge is -2.19. The zero-order valence-corrected chi connectivity index (χ0v) is 8.29. The van der Waals surface area contributed by atoms with Crippen LogP contribution in [0.15, 0.2) is 30.3 Å². The quantitative estimate of drug-likeness (QED) is 0.687. The Morgan fingerprint density at radius 3 is 2.23 bits per heavy atom. The van der Waals surface area contributed by atoms with Crippen LogP contribution >= 0.6 is 0 Å². The van der Waals surface area contributed by atoms with Gasteiger partial charge >= 0.3 is 0 Å². The van der Waals surface area contributed by atoms with E-state index >= 15 is 0 Å². The van der Waals surface area contributed by atoms with Crippen molar-refractivity contribution >= 4 is 0 Å². The van der Waals surface area contributed by atoms with Gasteiger partial charge in [0, 0.05) is 0 Å². The summed E-state index contributed by atoms with van der Waals surface area (Å²) >= 11 is 0. The van der Waals surface area contributed by atoms with E-state index in [4.69, 9.17) is 4.74 Å². The molecule has 0 N–H and O–H groups in total. The van der Waals surface area contributed by atoms with Crippen molar-refractivity contribution in [1.29, 1.82) is 0 Å². The molecule has 1 aromatic rings. The highest BCUT2D eigenvalue weighted by Crippen LogP contribution is 2.49. The van der Waals surface area contributed by atoms with E-state index in [-0.39, 0.29) is 5.60 Å². The van der Waals surface area contributed by atoms with E-state index < -0.39 is 0 Å². The van der Waals surface area contributed by atoms with E-state index in [1.54, 1.807) is 0 Å². The van der Waals surface area contributed by atoms with Gasteiger partial charge in [-0.15, -0.1) is 0 Å². The fraction of sp³-hybridized carbons (Fsp3) is 0.500. The predicted molar refractivity (Wildman–Crippen MR) is 53.6 cm³/mol. The second-order valence-electron chi connectivity index (χ2n) is 4.03. The van der Waals surface area contributed by atoms with Crippen LogP contribution in [0.5, 0.6) is 0 Å². The Hall–Kier alpha value is -0.820. The summed E-state index contributed by atoms with van der Waals surface area (Å²) in [5.41, 5.74) is 1.40. The largest absolute Gasteiger partial charge is 0.368 e. The SMILES string of the molecule is CC(C)OC1(c2ccccc2)CC1. The summed E-state index contributed by atoms with van der Waals surface area (Å²) in [5.74, 6) is 0. The Bertz CT molecular complexity index is 272. The average Bonchev–Trinajstić information content (AvgIpc) is 2.86. The molecule has 2 rings (SSSR count). The minimum Gasteiger partial charge on any atom is -0.368 e. The molecule has 13 heavy (non-hydrogen) atoms. The van der Waals surface area contributed by atoms with E-state index in [9.17, 15) is 0 Å². The number of benzene rings is 1. The molecule has 0 heterocycles. The van der Waals surface area contributed by atoms with Crippen molar-refractivity contribution < 1.29 is 4.74 Å². The minimum atomic E-state index is 0.0649. The van der Waals surface area contributed by atoms with Crippen LogP contribution in [0.25, 0.3) is 0 Å². The summed E-state index contributed by atoms with van der Waals surface area (Å²) in [6.07, 6.45) is 2.67. The first-order chi connectivity index (χ1) is 6.23. The van der Waals surface area contributed by atoms with Crippen LogP contribution in [0.4, 0.5) is 0 Å². The first-order valence-corrected chi connectivity index (χ1v) is 4.96. The molecule has 1 aliphatic carbocycles. The molecule has 0 aliphatic heterocycles. The summed E-state index contributed by atoms with van der Waals surface area (Å²) in [6, 6.07) is 10.5. The van der Waals surface area contributed by atoms with Crippen LogP contribution in [-0.2, 0) is 10.3 Å². The summed E-state index contributed by atoms with van der Waals surface area (Å²) in [7, 11) is 0. The van der Waals surface area contributed by atoms with Gasteiger partial charge in [-0.1, -0.05) is 30.3 Å². The Balaban J connectivity index is 2.16. The van der Waals surface area contributed by atoms with Crippen LogP contribution in [0.2, 0.25) is 0 Å². The molecule has 1 saturated carbocycles. The van der Waals surface area contributed by atoms with Crippen molar-refractivity contribution in [3.63, 3.8) is 0 Å². The maximum Gasteiger partial charge on any atom is 0.0937 e. The van der Waals surface area contributed by atoms with Crippen LogP contribution < -0.4 is 0 Å². The molecular formula is C12H16O. The highest BCUT2D eigenvalue weighted by atomic mass is 16.5. The molecule has 1 fully saturated rings. The molecule has 0 spiro atoms. The number of ether oxygens (including phenoxy) is 1. The van der Waals surface area contributed by atoms with Crippen molar-refractivity contribution in [2.45, 2.75) is 38.4 Å². The lowest BCUT2D eigenvalue weighted by Crippen LogP contribution is -2.16. The molecule has 0 unspecified atom stereocenters. The normalized spacial score (nSPS) is 19.0. The third kappa shape index (κ3) is 1.75.